The molecule has 0 atom stereocenters. The van der Waals surface area contributed by atoms with Crippen molar-refractivity contribution in [2.24, 2.45) is 0 Å². The van der Waals surface area contributed by atoms with Gasteiger partial charge in [-0.2, -0.15) is 0 Å². The molecule has 2 aliphatic heterocycles. The summed E-state index contributed by atoms with van der Waals surface area (Å²) in [6.07, 6.45) is 3.45. The van der Waals surface area contributed by atoms with Gasteiger partial charge in [0.15, 0.2) is 5.82 Å². The number of nitrogens with one attached hydrogen (secondary N) is 2. The highest BCUT2D eigenvalue weighted by atomic mass is 32.2. The van der Waals surface area contributed by atoms with E-state index in [0.717, 1.165) is 42.8 Å². The Balaban J connectivity index is 1.59. The van der Waals surface area contributed by atoms with Crippen LogP contribution in [0.4, 0.5) is 11.5 Å². The van der Waals surface area contributed by atoms with Crippen molar-refractivity contribution in [2.45, 2.75) is 16.5 Å². The number of anilines is 2. The monoisotopic (exact) mass is 285 g/mol. The van der Waals surface area contributed by atoms with Crippen LogP contribution in [0.3, 0.4) is 0 Å². The minimum absolute atomic E-state index is 0.852. The van der Waals surface area contributed by atoms with Gasteiger partial charge < -0.3 is 10.6 Å². The molecule has 1 saturated heterocycles. The number of hydrogen-bond donors (Lipinski definition) is 2. The van der Waals surface area contributed by atoms with Crippen molar-refractivity contribution in [3.05, 3.63) is 36.2 Å². The van der Waals surface area contributed by atoms with Crippen LogP contribution in [-0.2, 0) is 6.54 Å². The quantitative estimate of drug-likeness (QED) is 0.751. The molecule has 1 aromatic heterocycles. The second-order valence-corrected chi connectivity index (χ2v) is 6.01. The van der Waals surface area contributed by atoms with Gasteiger partial charge in [0.05, 0.1) is 5.69 Å². The molecule has 0 aliphatic carbocycles. The molecule has 0 radical (unpaired) electrons. The predicted octanol–water partition coefficient (Wildman–Crippen LogP) is 2.05. The first-order chi connectivity index (χ1) is 9.88. The van der Waals surface area contributed by atoms with Gasteiger partial charge in [0, 0.05) is 43.6 Å². The predicted molar refractivity (Wildman–Crippen MR) is 79.2 cm³/mol. The van der Waals surface area contributed by atoms with Crippen LogP contribution in [0, 0.1) is 0 Å². The summed E-state index contributed by atoms with van der Waals surface area (Å²) in [6.45, 7) is 4.17. The summed E-state index contributed by atoms with van der Waals surface area (Å²) >= 11 is 1.67. The number of hydrogen-bond acceptors (Lipinski definition) is 6. The molecule has 102 valence electrons. The number of fused-ring (bicyclic) bond motifs is 2. The minimum Gasteiger partial charge on any atom is -0.337 e. The van der Waals surface area contributed by atoms with Crippen LogP contribution in [0.15, 0.2) is 40.5 Å². The maximum atomic E-state index is 4.35. The van der Waals surface area contributed by atoms with Gasteiger partial charge in [-0.1, -0.05) is 17.8 Å². The molecule has 0 unspecified atom stereocenters. The van der Waals surface area contributed by atoms with Crippen LogP contribution in [0.1, 0.15) is 5.56 Å². The van der Waals surface area contributed by atoms with Gasteiger partial charge in [0.25, 0.3) is 0 Å². The third kappa shape index (κ3) is 2.26. The van der Waals surface area contributed by atoms with Gasteiger partial charge in [-0.25, -0.2) is 9.97 Å². The fourth-order valence-corrected chi connectivity index (χ4v) is 3.40. The smallest absolute Gasteiger partial charge is 0.163 e. The van der Waals surface area contributed by atoms with Gasteiger partial charge in [0.2, 0.25) is 0 Å². The molecular weight excluding hydrogens is 270 g/mol. The van der Waals surface area contributed by atoms with Crippen LogP contribution < -0.4 is 10.6 Å². The van der Waals surface area contributed by atoms with E-state index in [-0.39, 0.29) is 0 Å². The van der Waals surface area contributed by atoms with Crippen molar-refractivity contribution in [1.29, 1.82) is 0 Å². The van der Waals surface area contributed by atoms with Crippen molar-refractivity contribution < 1.29 is 0 Å². The SMILES string of the molecule is c1cnc2c(n1)Nc1cc(CN3CCNC3)ccc1S2. The highest BCUT2D eigenvalue weighted by Crippen LogP contribution is 2.42. The third-order valence-corrected chi connectivity index (χ3v) is 4.58. The first kappa shape index (κ1) is 12.1. The molecule has 6 heteroatoms. The van der Waals surface area contributed by atoms with E-state index >= 15 is 0 Å². The molecule has 0 spiro atoms. The van der Waals surface area contributed by atoms with Gasteiger partial charge in [-0.15, -0.1) is 0 Å². The fraction of sp³-hybridized carbons (Fsp3) is 0.286. The number of benzene rings is 1. The molecule has 0 saturated carbocycles. The summed E-state index contributed by atoms with van der Waals surface area (Å²) in [7, 11) is 0. The van der Waals surface area contributed by atoms with Gasteiger partial charge >= 0.3 is 0 Å². The molecular formula is C14H15N5S. The summed E-state index contributed by atoms with van der Waals surface area (Å²) in [5, 5.41) is 7.67. The average molecular weight is 285 g/mol. The van der Waals surface area contributed by atoms with Crippen molar-refractivity contribution in [2.75, 3.05) is 25.1 Å². The molecule has 5 nitrogen and oxygen atoms in total. The summed E-state index contributed by atoms with van der Waals surface area (Å²) in [4.78, 5) is 12.3. The molecule has 1 aromatic carbocycles. The second-order valence-electron chi connectivity index (χ2n) is 4.98. The van der Waals surface area contributed by atoms with E-state index in [1.54, 1.807) is 24.2 Å². The Morgan fingerprint density at radius 2 is 2.20 bits per heavy atom. The number of nitrogens with zero attached hydrogens (tertiary/aromatic N) is 3. The van der Waals surface area contributed by atoms with Crippen LogP contribution in [0.2, 0.25) is 0 Å². The fourth-order valence-electron chi connectivity index (χ4n) is 2.53. The van der Waals surface area contributed by atoms with Gasteiger partial charge in [0.1, 0.15) is 5.03 Å². The van der Waals surface area contributed by atoms with E-state index in [0.29, 0.717) is 0 Å². The highest BCUT2D eigenvalue weighted by molar-refractivity contribution is 7.99. The Labute approximate surface area is 121 Å². The van der Waals surface area contributed by atoms with Crippen LogP contribution >= 0.6 is 11.8 Å². The van der Waals surface area contributed by atoms with E-state index in [1.807, 2.05) is 0 Å². The topological polar surface area (TPSA) is 53.1 Å². The van der Waals surface area contributed by atoms with Crippen LogP contribution in [0.5, 0.6) is 0 Å². The van der Waals surface area contributed by atoms with Crippen LogP contribution in [-0.4, -0.2) is 34.6 Å². The normalized spacial score (nSPS) is 17.4. The lowest BCUT2D eigenvalue weighted by Gasteiger charge is -2.20. The minimum atomic E-state index is 0.852. The standard InChI is InChI=1S/C14H15N5S/c1-2-12-11(7-10(1)8-19-6-5-15-9-19)18-13-14(20-12)17-4-3-16-13/h1-4,7,15H,5-6,8-9H2,(H,16,18). The molecule has 0 bridgehead atoms. The lowest BCUT2D eigenvalue weighted by molar-refractivity contribution is 0.327. The van der Waals surface area contributed by atoms with E-state index in [4.69, 9.17) is 0 Å². The Kier molecular flexibility index (Phi) is 3.06. The Morgan fingerprint density at radius 1 is 1.25 bits per heavy atom. The molecule has 2 aliphatic rings. The maximum absolute atomic E-state index is 4.35. The van der Waals surface area contributed by atoms with Crippen molar-refractivity contribution in [1.82, 2.24) is 20.2 Å². The van der Waals surface area contributed by atoms with E-state index in [2.05, 4.69) is 43.7 Å². The molecule has 1 fully saturated rings. The van der Waals surface area contributed by atoms with Gasteiger partial charge in [-0.3, -0.25) is 4.90 Å². The average Bonchev–Trinajstić information content (AvgIpc) is 2.98. The number of rotatable bonds is 2. The molecule has 3 heterocycles. The lowest BCUT2D eigenvalue weighted by Crippen LogP contribution is -2.21. The first-order valence-electron chi connectivity index (χ1n) is 6.70. The molecule has 2 N–H and O–H groups in total. The van der Waals surface area contributed by atoms with E-state index in [9.17, 15) is 0 Å². The van der Waals surface area contributed by atoms with Crippen molar-refractivity contribution in [3.63, 3.8) is 0 Å². The zero-order valence-electron chi connectivity index (χ0n) is 11.0. The molecule has 20 heavy (non-hydrogen) atoms. The van der Waals surface area contributed by atoms with Crippen LogP contribution in [0.25, 0.3) is 0 Å². The summed E-state index contributed by atoms with van der Waals surface area (Å²) in [5.41, 5.74) is 2.46. The summed E-state index contributed by atoms with van der Waals surface area (Å²) < 4.78 is 0. The maximum Gasteiger partial charge on any atom is 0.163 e. The first-order valence-corrected chi connectivity index (χ1v) is 7.52. The largest absolute Gasteiger partial charge is 0.337 e. The summed E-state index contributed by atoms with van der Waals surface area (Å²) in [6, 6.07) is 6.59. The van der Waals surface area contributed by atoms with Crippen molar-refractivity contribution in [3.8, 4) is 0 Å². The Bertz CT molecular complexity index is 639. The zero-order valence-corrected chi connectivity index (χ0v) is 11.8. The highest BCUT2D eigenvalue weighted by Gasteiger charge is 2.18. The Hall–Kier alpha value is -1.63. The third-order valence-electron chi connectivity index (χ3n) is 3.51. The zero-order chi connectivity index (χ0) is 13.4. The van der Waals surface area contributed by atoms with Crippen molar-refractivity contribution >= 4 is 23.3 Å². The molecule has 4 rings (SSSR count). The number of aromatic nitrogens is 2. The Morgan fingerprint density at radius 3 is 3.10 bits per heavy atom. The second kappa shape index (κ2) is 5.05. The lowest BCUT2D eigenvalue weighted by atomic mass is 10.2. The molecule has 0 amide bonds. The van der Waals surface area contributed by atoms with Gasteiger partial charge in [-0.05, 0) is 17.7 Å². The summed E-state index contributed by atoms with van der Waals surface area (Å²) in [5.74, 6) is 0.852. The van der Waals surface area contributed by atoms with E-state index < -0.39 is 0 Å². The molecule has 2 aromatic rings. The van der Waals surface area contributed by atoms with E-state index in [1.165, 1.54) is 10.5 Å².